The molecule has 0 bridgehead atoms. The molecule has 0 radical (unpaired) electrons. The van der Waals surface area contributed by atoms with Crippen LogP contribution in [0.1, 0.15) is 36.0 Å². The maximum atomic E-state index is 13.2. The Kier molecular flexibility index (Phi) is 4.85. The molecule has 2 aromatic rings. The highest BCUT2D eigenvalue weighted by molar-refractivity contribution is 7.92. The quantitative estimate of drug-likeness (QED) is 0.893. The normalized spacial score (nSPS) is 15.3. The molecule has 1 aliphatic carbocycles. The Labute approximate surface area is 144 Å². The lowest BCUT2D eigenvalue weighted by Gasteiger charge is -2.12. The molecule has 132 valence electrons. The molecule has 0 spiro atoms. The van der Waals surface area contributed by atoms with Gasteiger partial charge in [-0.3, -0.25) is 4.79 Å². The van der Waals surface area contributed by atoms with Crippen LogP contribution in [0, 0.1) is 11.6 Å². The van der Waals surface area contributed by atoms with Gasteiger partial charge in [0.05, 0.1) is 10.1 Å². The van der Waals surface area contributed by atoms with Crippen molar-refractivity contribution in [3.63, 3.8) is 0 Å². The third-order valence-electron chi connectivity index (χ3n) is 4.34. The van der Waals surface area contributed by atoms with E-state index in [9.17, 15) is 22.0 Å². The van der Waals surface area contributed by atoms with Crippen molar-refractivity contribution in [2.24, 2.45) is 0 Å². The van der Waals surface area contributed by atoms with Crippen LogP contribution in [0.2, 0.25) is 0 Å². The second-order valence-electron chi connectivity index (χ2n) is 6.06. The number of anilines is 1. The van der Waals surface area contributed by atoms with E-state index in [0.717, 1.165) is 31.0 Å². The van der Waals surface area contributed by atoms with E-state index < -0.39 is 27.4 Å². The van der Waals surface area contributed by atoms with E-state index in [0.29, 0.717) is 12.8 Å². The van der Waals surface area contributed by atoms with Crippen molar-refractivity contribution >= 4 is 21.4 Å². The number of benzene rings is 2. The van der Waals surface area contributed by atoms with Crippen molar-refractivity contribution < 1.29 is 22.0 Å². The van der Waals surface area contributed by atoms with E-state index in [1.165, 1.54) is 12.1 Å². The minimum absolute atomic E-state index is 0.0528. The minimum atomic E-state index is -3.43. The van der Waals surface area contributed by atoms with Crippen molar-refractivity contribution in [2.75, 3.05) is 5.32 Å². The summed E-state index contributed by atoms with van der Waals surface area (Å²) in [7, 11) is -3.43. The average molecular weight is 365 g/mol. The van der Waals surface area contributed by atoms with E-state index in [1.807, 2.05) is 0 Å². The van der Waals surface area contributed by atoms with Crippen LogP contribution >= 0.6 is 0 Å². The zero-order valence-corrected chi connectivity index (χ0v) is 14.2. The fourth-order valence-corrected chi connectivity index (χ4v) is 4.88. The van der Waals surface area contributed by atoms with Crippen molar-refractivity contribution in [1.82, 2.24) is 0 Å². The van der Waals surface area contributed by atoms with E-state index in [1.54, 1.807) is 12.1 Å². The van der Waals surface area contributed by atoms with Gasteiger partial charge in [-0.2, -0.15) is 0 Å². The number of hydrogen-bond donors (Lipinski definition) is 1. The zero-order chi connectivity index (χ0) is 18.0. The molecule has 3 rings (SSSR count). The van der Waals surface area contributed by atoms with Crippen LogP contribution in [0.25, 0.3) is 0 Å². The molecule has 0 aliphatic heterocycles. The third-order valence-corrected chi connectivity index (χ3v) is 6.60. The average Bonchev–Trinajstić information content (AvgIpc) is 3.13. The molecule has 2 aromatic carbocycles. The summed E-state index contributed by atoms with van der Waals surface area (Å²) in [6, 6.07) is 8.81. The largest absolute Gasteiger partial charge is 0.322 e. The number of sulfone groups is 1. The molecule has 4 nitrogen and oxygen atoms in total. The first-order valence-corrected chi connectivity index (χ1v) is 9.53. The van der Waals surface area contributed by atoms with Crippen LogP contribution < -0.4 is 5.32 Å². The number of hydrogen-bond acceptors (Lipinski definition) is 3. The summed E-state index contributed by atoms with van der Waals surface area (Å²) < 4.78 is 51.4. The van der Waals surface area contributed by atoms with E-state index in [4.69, 9.17) is 0 Å². The summed E-state index contributed by atoms with van der Waals surface area (Å²) in [5.41, 5.74) is 0.233. The maximum absolute atomic E-state index is 13.2. The second-order valence-corrected chi connectivity index (χ2v) is 8.29. The first kappa shape index (κ1) is 17.5. The van der Waals surface area contributed by atoms with Crippen LogP contribution in [0.15, 0.2) is 47.4 Å². The zero-order valence-electron chi connectivity index (χ0n) is 13.3. The van der Waals surface area contributed by atoms with Gasteiger partial charge in [-0.05, 0) is 49.2 Å². The van der Waals surface area contributed by atoms with Gasteiger partial charge in [-0.25, -0.2) is 17.2 Å². The summed E-state index contributed by atoms with van der Waals surface area (Å²) in [6.07, 6.45) is 3.09. The van der Waals surface area contributed by atoms with Crippen LogP contribution in [-0.4, -0.2) is 19.6 Å². The first-order valence-electron chi connectivity index (χ1n) is 7.98. The fourth-order valence-electron chi connectivity index (χ4n) is 2.98. The third kappa shape index (κ3) is 3.71. The van der Waals surface area contributed by atoms with Gasteiger partial charge in [0.25, 0.3) is 5.91 Å². The molecule has 25 heavy (non-hydrogen) atoms. The van der Waals surface area contributed by atoms with E-state index >= 15 is 0 Å². The number of halogens is 2. The standard InChI is InChI=1S/C18H17F2NO3S/c19-16-9-8-12(10-17(16)20)18(22)21-13-4-3-7-15(11-13)25(23,24)14-5-1-2-6-14/h3-4,7-11,14H,1-2,5-6H2,(H,21,22). The van der Waals surface area contributed by atoms with Crippen LogP contribution in [-0.2, 0) is 9.84 Å². The van der Waals surface area contributed by atoms with Gasteiger partial charge in [0.15, 0.2) is 21.5 Å². The second kappa shape index (κ2) is 6.92. The van der Waals surface area contributed by atoms with E-state index in [2.05, 4.69) is 5.32 Å². The molecule has 0 atom stereocenters. The Bertz CT molecular complexity index is 906. The molecule has 7 heteroatoms. The van der Waals surface area contributed by atoms with Crippen molar-refractivity contribution in [3.8, 4) is 0 Å². The highest BCUT2D eigenvalue weighted by Gasteiger charge is 2.30. The Morgan fingerprint density at radius 2 is 1.72 bits per heavy atom. The molecule has 1 aliphatic rings. The molecule has 1 N–H and O–H groups in total. The summed E-state index contributed by atoms with van der Waals surface area (Å²) in [4.78, 5) is 12.3. The molecule has 1 amide bonds. The van der Waals surface area contributed by atoms with Gasteiger partial charge in [0.2, 0.25) is 0 Å². The topological polar surface area (TPSA) is 63.2 Å². The van der Waals surface area contributed by atoms with Crippen LogP contribution in [0.5, 0.6) is 0 Å². The van der Waals surface area contributed by atoms with E-state index in [-0.39, 0.29) is 21.4 Å². The molecule has 0 aromatic heterocycles. The van der Waals surface area contributed by atoms with Gasteiger partial charge >= 0.3 is 0 Å². The molecule has 0 saturated heterocycles. The SMILES string of the molecule is O=C(Nc1cccc(S(=O)(=O)C2CCCC2)c1)c1ccc(F)c(F)c1. The number of carbonyl (C=O) groups is 1. The Morgan fingerprint density at radius 1 is 1.00 bits per heavy atom. The lowest BCUT2D eigenvalue weighted by atomic mass is 10.2. The number of nitrogens with one attached hydrogen (secondary N) is 1. The Morgan fingerprint density at radius 3 is 2.40 bits per heavy atom. The monoisotopic (exact) mass is 365 g/mol. The van der Waals surface area contributed by atoms with Gasteiger partial charge in [0, 0.05) is 11.3 Å². The number of rotatable bonds is 4. The first-order chi connectivity index (χ1) is 11.9. The summed E-state index contributed by atoms with van der Waals surface area (Å²) in [5.74, 6) is -2.80. The predicted octanol–water partition coefficient (Wildman–Crippen LogP) is 3.93. The van der Waals surface area contributed by atoms with Gasteiger partial charge in [-0.15, -0.1) is 0 Å². The van der Waals surface area contributed by atoms with Crippen molar-refractivity contribution in [2.45, 2.75) is 35.8 Å². The molecule has 0 unspecified atom stereocenters. The van der Waals surface area contributed by atoms with Crippen molar-refractivity contribution in [1.29, 1.82) is 0 Å². The minimum Gasteiger partial charge on any atom is -0.322 e. The van der Waals surface area contributed by atoms with Gasteiger partial charge < -0.3 is 5.32 Å². The highest BCUT2D eigenvalue weighted by atomic mass is 32.2. The molecule has 1 fully saturated rings. The maximum Gasteiger partial charge on any atom is 0.255 e. The van der Waals surface area contributed by atoms with Crippen LogP contribution in [0.4, 0.5) is 14.5 Å². The smallest absolute Gasteiger partial charge is 0.255 e. The summed E-state index contributed by atoms with van der Waals surface area (Å²) >= 11 is 0. The lowest BCUT2D eigenvalue weighted by molar-refractivity contribution is 0.102. The fraction of sp³-hybridized carbons (Fsp3) is 0.278. The Hall–Kier alpha value is -2.28. The van der Waals surface area contributed by atoms with Crippen molar-refractivity contribution in [3.05, 3.63) is 59.7 Å². The Balaban J connectivity index is 1.82. The molecular formula is C18H17F2NO3S. The van der Waals surface area contributed by atoms with Crippen LogP contribution in [0.3, 0.4) is 0 Å². The predicted molar refractivity (Wildman–Crippen MR) is 90.2 cm³/mol. The number of carbonyl (C=O) groups excluding carboxylic acids is 1. The molecule has 0 heterocycles. The van der Waals surface area contributed by atoms with Gasteiger partial charge in [-0.1, -0.05) is 18.9 Å². The molecular weight excluding hydrogens is 348 g/mol. The number of amides is 1. The summed E-state index contributed by atoms with van der Waals surface area (Å²) in [6.45, 7) is 0. The highest BCUT2D eigenvalue weighted by Crippen LogP contribution is 2.30. The lowest BCUT2D eigenvalue weighted by Crippen LogP contribution is -2.18. The summed E-state index contributed by atoms with van der Waals surface area (Å²) in [5, 5.41) is 2.13. The van der Waals surface area contributed by atoms with Gasteiger partial charge in [0.1, 0.15) is 0 Å². The molecule has 1 saturated carbocycles.